The van der Waals surface area contributed by atoms with Gasteiger partial charge in [-0.3, -0.25) is 14.0 Å². The number of likely N-dealkylation sites (N-methyl/N-ethyl adjacent to an activating group) is 1. The predicted molar refractivity (Wildman–Crippen MR) is 146 cm³/mol. The summed E-state index contributed by atoms with van der Waals surface area (Å²) in [7, 11) is 5.37. The van der Waals surface area contributed by atoms with Gasteiger partial charge < -0.3 is 24.4 Å². The number of aliphatic hydroxyl groups excluding tert-OH is 1. The third-order valence-electron chi connectivity index (χ3n) is 6.77. The molecule has 1 saturated heterocycles. The van der Waals surface area contributed by atoms with E-state index in [-0.39, 0.29) is 11.3 Å². The van der Waals surface area contributed by atoms with Crippen molar-refractivity contribution in [1.82, 2.24) is 19.2 Å². The van der Waals surface area contributed by atoms with Crippen molar-refractivity contribution in [2.75, 3.05) is 40.9 Å². The summed E-state index contributed by atoms with van der Waals surface area (Å²) in [5.74, 6) is -0.534. The average molecular weight is 521 g/mol. The normalized spacial score (nSPS) is 17.1. The number of fused-ring (bicyclic) bond motifs is 1. The fraction of sp³-hybridized carbons (Fsp3) is 0.414. The molecule has 3 aromatic rings. The van der Waals surface area contributed by atoms with Gasteiger partial charge in [-0.2, -0.15) is 0 Å². The molecule has 1 aliphatic heterocycles. The van der Waals surface area contributed by atoms with E-state index in [9.17, 15) is 14.7 Å². The van der Waals surface area contributed by atoms with E-state index in [0.717, 1.165) is 19.3 Å². The monoisotopic (exact) mass is 520 g/mol. The van der Waals surface area contributed by atoms with Crippen molar-refractivity contribution in [2.24, 2.45) is 0 Å². The van der Waals surface area contributed by atoms with Crippen LogP contribution in [0.25, 0.3) is 11.4 Å². The molecule has 0 bridgehead atoms. The van der Waals surface area contributed by atoms with Crippen molar-refractivity contribution in [3.63, 3.8) is 0 Å². The third-order valence-corrected chi connectivity index (χ3v) is 6.77. The average Bonchev–Trinajstić information content (AvgIpc) is 3.37. The van der Waals surface area contributed by atoms with Crippen LogP contribution in [-0.2, 0) is 9.59 Å². The maximum atomic E-state index is 13.4. The van der Waals surface area contributed by atoms with Crippen LogP contribution in [0.4, 0.5) is 0 Å². The van der Waals surface area contributed by atoms with Crippen LogP contribution in [0, 0.1) is 6.92 Å². The first-order chi connectivity index (χ1) is 18.3. The number of carbonyl (C=O) groups excluding carboxylic acids is 2. The Morgan fingerprint density at radius 3 is 2.63 bits per heavy atom. The molecular weight excluding hydrogens is 484 g/mol. The standard InChI is InChI=1S/C29H36N4O5/c1-6-7-10-17-38-21-13-12-20(18-22(21)37-5)26-24(28(35)29(36)33(26)16-15-31(3)4)27(34)25-19(2)30-23-11-8-9-14-32(23)25/h8-9,11-14,18,26,34H,6-7,10,15-17H2,1-5H3/b27-24+. The van der Waals surface area contributed by atoms with Crippen LogP contribution >= 0.6 is 0 Å². The smallest absolute Gasteiger partial charge is 0.295 e. The van der Waals surface area contributed by atoms with Gasteiger partial charge >= 0.3 is 0 Å². The number of unbranched alkanes of at least 4 members (excludes halogenated alkanes) is 2. The van der Waals surface area contributed by atoms with Crippen molar-refractivity contribution in [3.8, 4) is 11.5 Å². The molecule has 1 fully saturated rings. The number of carbonyl (C=O) groups is 2. The molecule has 9 nitrogen and oxygen atoms in total. The number of imidazole rings is 1. The van der Waals surface area contributed by atoms with Crippen molar-refractivity contribution in [3.05, 3.63) is 65.1 Å². The number of ketones is 1. The zero-order valence-corrected chi connectivity index (χ0v) is 22.7. The van der Waals surface area contributed by atoms with E-state index in [1.165, 1.54) is 4.90 Å². The molecule has 1 atom stereocenters. The molecule has 4 rings (SSSR count). The van der Waals surface area contributed by atoms with Crippen LogP contribution < -0.4 is 9.47 Å². The summed E-state index contributed by atoms with van der Waals surface area (Å²) >= 11 is 0. The highest BCUT2D eigenvalue weighted by Crippen LogP contribution is 2.42. The molecule has 38 heavy (non-hydrogen) atoms. The lowest BCUT2D eigenvalue weighted by Gasteiger charge is -2.27. The number of amides is 1. The van der Waals surface area contributed by atoms with Crippen LogP contribution in [0.15, 0.2) is 48.2 Å². The molecule has 1 N–H and O–H groups in total. The van der Waals surface area contributed by atoms with Gasteiger partial charge in [-0.1, -0.05) is 31.9 Å². The number of likely N-dealkylation sites (tertiary alicyclic amines) is 1. The molecule has 1 aromatic carbocycles. The van der Waals surface area contributed by atoms with E-state index < -0.39 is 17.7 Å². The van der Waals surface area contributed by atoms with Gasteiger partial charge in [0.1, 0.15) is 11.3 Å². The Morgan fingerprint density at radius 2 is 1.92 bits per heavy atom. The number of hydrogen-bond acceptors (Lipinski definition) is 7. The molecule has 0 spiro atoms. The minimum absolute atomic E-state index is 0.0289. The van der Waals surface area contributed by atoms with E-state index in [4.69, 9.17) is 9.47 Å². The number of methoxy groups -OCH3 is 1. The van der Waals surface area contributed by atoms with Crippen LogP contribution in [-0.4, -0.2) is 76.9 Å². The summed E-state index contributed by atoms with van der Waals surface area (Å²) in [5.41, 5.74) is 2.26. The summed E-state index contributed by atoms with van der Waals surface area (Å²) in [6, 6.07) is 10.1. The van der Waals surface area contributed by atoms with Crippen LogP contribution in [0.2, 0.25) is 0 Å². The zero-order valence-electron chi connectivity index (χ0n) is 22.7. The summed E-state index contributed by atoms with van der Waals surface area (Å²) < 4.78 is 13.3. The molecule has 202 valence electrons. The van der Waals surface area contributed by atoms with Gasteiger partial charge in [-0.25, -0.2) is 4.98 Å². The predicted octanol–water partition coefficient (Wildman–Crippen LogP) is 4.20. The molecule has 1 aliphatic rings. The van der Waals surface area contributed by atoms with Gasteiger partial charge in [-0.05, 0) is 57.3 Å². The number of rotatable bonds is 11. The quantitative estimate of drug-likeness (QED) is 0.175. The minimum Gasteiger partial charge on any atom is -0.505 e. The SMILES string of the molecule is CCCCCOc1ccc(C2/C(=C(\O)c3c(C)nc4ccccn34)C(=O)C(=O)N2CCN(C)C)cc1OC. The highest BCUT2D eigenvalue weighted by atomic mass is 16.5. The lowest BCUT2D eigenvalue weighted by Crippen LogP contribution is -2.35. The highest BCUT2D eigenvalue weighted by Gasteiger charge is 2.46. The van der Waals surface area contributed by atoms with Crippen molar-refractivity contribution < 1.29 is 24.2 Å². The van der Waals surface area contributed by atoms with Crippen molar-refractivity contribution >= 4 is 23.1 Å². The number of ether oxygens (including phenoxy) is 2. The van der Waals surface area contributed by atoms with Crippen molar-refractivity contribution in [2.45, 2.75) is 39.2 Å². The Hall–Kier alpha value is -3.85. The Kier molecular flexibility index (Phi) is 8.36. The first-order valence-corrected chi connectivity index (χ1v) is 13.0. The molecule has 1 unspecified atom stereocenters. The highest BCUT2D eigenvalue weighted by molar-refractivity contribution is 6.46. The summed E-state index contributed by atoms with van der Waals surface area (Å²) in [6.07, 6.45) is 4.88. The molecule has 0 aliphatic carbocycles. The number of Topliss-reactive ketones (excluding diaryl/α,β-unsaturated/α-hetero) is 1. The van der Waals surface area contributed by atoms with E-state index in [1.54, 1.807) is 36.8 Å². The number of aromatic nitrogens is 2. The van der Waals surface area contributed by atoms with Gasteiger partial charge in [0.2, 0.25) is 0 Å². The number of benzene rings is 1. The number of nitrogens with zero attached hydrogens (tertiary/aromatic N) is 4. The Labute approximate surface area is 223 Å². The molecule has 9 heteroatoms. The second-order valence-corrected chi connectivity index (χ2v) is 9.74. The van der Waals surface area contributed by atoms with Gasteiger partial charge in [0.05, 0.1) is 31.0 Å². The van der Waals surface area contributed by atoms with Gasteiger partial charge in [-0.15, -0.1) is 0 Å². The second kappa shape index (κ2) is 11.7. The molecule has 0 radical (unpaired) electrons. The minimum atomic E-state index is -0.799. The maximum Gasteiger partial charge on any atom is 0.295 e. The summed E-state index contributed by atoms with van der Waals surface area (Å²) in [4.78, 5) is 34.7. The molecule has 0 saturated carbocycles. The lowest BCUT2D eigenvalue weighted by atomic mass is 9.96. The lowest BCUT2D eigenvalue weighted by molar-refractivity contribution is -0.140. The third kappa shape index (κ3) is 5.24. The molecule has 1 amide bonds. The van der Waals surface area contributed by atoms with Crippen LogP contribution in [0.3, 0.4) is 0 Å². The fourth-order valence-electron chi connectivity index (χ4n) is 4.80. The second-order valence-electron chi connectivity index (χ2n) is 9.74. The van der Waals surface area contributed by atoms with E-state index in [2.05, 4.69) is 11.9 Å². The summed E-state index contributed by atoms with van der Waals surface area (Å²) in [5, 5.41) is 11.6. The van der Waals surface area contributed by atoms with Gasteiger partial charge in [0.25, 0.3) is 11.7 Å². The molecular formula is C29H36N4O5. The number of aliphatic hydroxyl groups is 1. The topological polar surface area (TPSA) is 96.6 Å². The Morgan fingerprint density at radius 1 is 1.13 bits per heavy atom. The fourth-order valence-corrected chi connectivity index (χ4v) is 4.80. The first-order valence-electron chi connectivity index (χ1n) is 13.0. The molecule has 2 aromatic heterocycles. The zero-order chi connectivity index (χ0) is 27.4. The van der Waals surface area contributed by atoms with E-state index in [0.29, 0.717) is 53.8 Å². The van der Waals surface area contributed by atoms with Gasteiger partial charge in [0, 0.05) is 19.3 Å². The number of pyridine rings is 1. The van der Waals surface area contributed by atoms with E-state index in [1.807, 2.05) is 43.3 Å². The van der Waals surface area contributed by atoms with Crippen LogP contribution in [0.1, 0.15) is 49.2 Å². The number of aryl methyl sites for hydroxylation is 1. The van der Waals surface area contributed by atoms with Crippen LogP contribution in [0.5, 0.6) is 11.5 Å². The number of hydrogen-bond donors (Lipinski definition) is 1. The first kappa shape index (κ1) is 27.2. The maximum absolute atomic E-state index is 13.4. The van der Waals surface area contributed by atoms with Crippen molar-refractivity contribution in [1.29, 1.82) is 0 Å². The molecule has 3 heterocycles. The largest absolute Gasteiger partial charge is 0.505 e. The van der Waals surface area contributed by atoms with E-state index >= 15 is 0 Å². The summed E-state index contributed by atoms with van der Waals surface area (Å²) in [6.45, 7) is 5.33. The Bertz CT molecular complexity index is 1360. The van der Waals surface area contributed by atoms with Gasteiger partial charge in [0.15, 0.2) is 17.3 Å². The Balaban J connectivity index is 1.83.